The van der Waals surface area contributed by atoms with Crippen molar-refractivity contribution in [2.45, 2.75) is 40.5 Å². The van der Waals surface area contributed by atoms with E-state index < -0.39 is 0 Å². The molecule has 0 fully saturated rings. The van der Waals surface area contributed by atoms with E-state index in [2.05, 4.69) is 23.8 Å². The maximum absolute atomic E-state index is 5.23. The molecule has 4 heteroatoms. The fraction of sp³-hybridized carbons (Fsp3) is 0.800. The van der Waals surface area contributed by atoms with Gasteiger partial charge in [-0.05, 0) is 26.7 Å². The number of nitrogens with two attached hydrogens (primary N) is 2. The standard InChI is InChI=1S/2C5H12N2/c2*1-3-4-7-5(2)6/h2*3-4H2,1-2H3,(H2,6,7). The summed E-state index contributed by atoms with van der Waals surface area (Å²) < 4.78 is 0. The van der Waals surface area contributed by atoms with Crippen molar-refractivity contribution in [2.24, 2.45) is 21.5 Å². The van der Waals surface area contributed by atoms with Gasteiger partial charge < -0.3 is 11.5 Å². The minimum absolute atomic E-state index is 0.682. The highest BCUT2D eigenvalue weighted by Crippen LogP contribution is 1.75. The van der Waals surface area contributed by atoms with Crippen LogP contribution >= 0.6 is 0 Å². The quantitative estimate of drug-likeness (QED) is 0.533. The number of nitrogens with zero attached hydrogens (tertiary/aromatic N) is 2. The molecular weight excluding hydrogens is 176 g/mol. The first kappa shape index (κ1) is 15.4. The first-order chi connectivity index (χ1) is 6.54. The van der Waals surface area contributed by atoms with Crippen LogP contribution in [0.5, 0.6) is 0 Å². The minimum atomic E-state index is 0.682. The molecule has 0 aromatic rings. The average Bonchev–Trinajstić information content (AvgIpc) is 2.12. The monoisotopic (exact) mass is 200 g/mol. The van der Waals surface area contributed by atoms with Gasteiger partial charge in [0.05, 0.1) is 11.7 Å². The fourth-order valence-electron chi connectivity index (χ4n) is 0.576. The van der Waals surface area contributed by atoms with E-state index in [0.717, 1.165) is 25.9 Å². The zero-order valence-corrected chi connectivity index (χ0v) is 9.88. The van der Waals surface area contributed by atoms with Crippen LogP contribution in [0.1, 0.15) is 40.5 Å². The molecule has 0 atom stereocenters. The predicted octanol–water partition coefficient (Wildman–Crippen LogP) is 1.55. The molecule has 0 aliphatic rings. The molecule has 0 saturated heterocycles. The van der Waals surface area contributed by atoms with E-state index in [1.807, 2.05) is 0 Å². The Morgan fingerprint density at radius 3 is 1.21 bits per heavy atom. The van der Waals surface area contributed by atoms with Crippen LogP contribution in [-0.2, 0) is 0 Å². The van der Waals surface area contributed by atoms with Crippen molar-refractivity contribution in [3.8, 4) is 0 Å². The second kappa shape index (κ2) is 11.9. The summed E-state index contributed by atoms with van der Waals surface area (Å²) in [6.07, 6.45) is 2.16. The Kier molecular flexibility index (Phi) is 13.1. The molecule has 0 heterocycles. The summed E-state index contributed by atoms with van der Waals surface area (Å²) in [5.74, 6) is 1.36. The van der Waals surface area contributed by atoms with Crippen molar-refractivity contribution in [2.75, 3.05) is 13.1 Å². The van der Waals surface area contributed by atoms with E-state index in [0.29, 0.717) is 11.7 Å². The first-order valence-electron chi connectivity index (χ1n) is 5.07. The van der Waals surface area contributed by atoms with Gasteiger partial charge in [0, 0.05) is 13.1 Å². The van der Waals surface area contributed by atoms with E-state index >= 15 is 0 Å². The second-order valence-corrected chi connectivity index (χ2v) is 3.05. The van der Waals surface area contributed by atoms with Crippen LogP contribution in [0.15, 0.2) is 9.98 Å². The van der Waals surface area contributed by atoms with Gasteiger partial charge in [-0.25, -0.2) is 0 Å². The van der Waals surface area contributed by atoms with Crippen LogP contribution in [-0.4, -0.2) is 24.8 Å². The van der Waals surface area contributed by atoms with Gasteiger partial charge in [0.25, 0.3) is 0 Å². The SMILES string of the molecule is CCCN=C(C)N.CCCN=C(C)N. The average molecular weight is 200 g/mol. The minimum Gasteiger partial charge on any atom is -0.388 e. The highest BCUT2D eigenvalue weighted by atomic mass is 14.8. The summed E-state index contributed by atoms with van der Waals surface area (Å²) in [5.41, 5.74) is 10.5. The number of aliphatic imine (C=N–C) groups is 2. The van der Waals surface area contributed by atoms with Gasteiger partial charge in [0.2, 0.25) is 0 Å². The molecule has 0 bridgehead atoms. The van der Waals surface area contributed by atoms with Crippen LogP contribution in [0.2, 0.25) is 0 Å². The van der Waals surface area contributed by atoms with Gasteiger partial charge in [0.1, 0.15) is 0 Å². The fourth-order valence-corrected chi connectivity index (χ4v) is 0.576. The molecular formula is C10H24N4. The molecule has 0 aromatic carbocycles. The molecule has 0 aliphatic heterocycles. The third-order valence-electron chi connectivity index (χ3n) is 1.17. The molecule has 84 valence electrons. The van der Waals surface area contributed by atoms with E-state index in [1.165, 1.54) is 0 Å². The molecule has 0 saturated carbocycles. The topological polar surface area (TPSA) is 76.8 Å². The van der Waals surface area contributed by atoms with Crippen molar-refractivity contribution in [1.82, 2.24) is 0 Å². The van der Waals surface area contributed by atoms with Crippen molar-refractivity contribution in [3.05, 3.63) is 0 Å². The Hall–Kier alpha value is -1.06. The summed E-state index contributed by atoms with van der Waals surface area (Å²) in [6, 6.07) is 0. The lowest BCUT2D eigenvalue weighted by atomic mass is 10.5. The normalized spacial score (nSPS) is 12.0. The highest BCUT2D eigenvalue weighted by molar-refractivity contribution is 5.77. The van der Waals surface area contributed by atoms with Gasteiger partial charge >= 0.3 is 0 Å². The van der Waals surface area contributed by atoms with Crippen LogP contribution in [0.4, 0.5) is 0 Å². The summed E-state index contributed by atoms with van der Waals surface area (Å²) in [6.45, 7) is 9.48. The molecule has 0 aliphatic carbocycles. The Bertz CT molecular complexity index is 145. The van der Waals surface area contributed by atoms with Crippen LogP contribution in [0.25, 0.3) is 0 Å². The molecule has 0 aromatic heterocycles. The maximum Gasteiger partial charge on any atom is 0.0905 e. The van der Waals surface area contributed by atoms with Gasteiger partial charge in [-0.1, -0.05) is 13.8 Å². The van der Waals surface area contributed by atoms with Crippen molar-refractivity contribution >= 4 is 11.7 Å². The van der Waals surface area contributed by atoms with Crippen molar-refractivity contribution in [1.29, 1.82) is 0 Å². The van der Waals surface area contributed by atoms with Gasteiger partial charge in [-0.3, -0.25) is 9.98 Å². The smallest absolute Gasteiger partial charge is 0.0905 e. The van der Waals surface area contributed by atoms with Crippen LogP contribution in [0.3, 0.4) is 0 Å². The lowest BCUT2D eigenvalue weighted by Gasteiger charge is -1.86. The third kappa shape index (κ3) is 22.4. The van der Waals surface area contributed by atoms with Crippen molar-refractivity contribution < 1.29 is 0 Å². The first-order valence-corrected chi connectivity index (χ1v) is 5.07. The van der Waals surface area contributed by atoms with Crippen LogP contribution in [0, 0.1) is 0 Å². The largest absolute Gasteiger partial charge is 0.388 e. The lowest BCUT2D eigenvalue weighted by Crippen LogP contribution is -2.05. The molecule has 14 heavy (non-hydrogen) atoms. The predicted molar refractivity (Wildman–Crippen MR) is 64.9 cm³/mol. The molecule has 4 nitrogen and oxygen atoms in total. The molecule has 0 spiro atoms. The molecule has 0 unspecified atom stereocenters. The van der Waals surface area contributed by atoms with Crippen LogP contribution < -0.4 is 11.5 Å². The molecule has 0 radical (unpaired) electrons. The van der Waals surface area contributed by atoms with E-state index in [9.17, 15) is 0 Å². The van der Waals surface area contributed by atoms with E-state index in [1.54, 1.807) is 13.8 Å². The Morgan fingerprint density at radius 1 is 0.857 bits per heavy atom. The van der Waals surface area contributed by atoms with E-state index in [-0.39, 0.29) is 0 Å². The number of rotatable bonds is 4. The second-order valence-electron chi connectivity index (χ2n) is 3.05. The lowest BCUT2D eigenvalue weighted by molar-refractivity contribution is 0.929. The number of amidine groups is 2. The van der Waals surface area contributed by atoms with Crippen molar-refractivity contribution in [3.63, 3.8) is 0 Å². The maximum atomic E-state index is 5.23. The number of hydrogen-bond acceptors (Lipinski definition) is 2. The zero-order chi connectivity index (χ0) is 11.4. The number of hydrogen-bond donors (Lipinski definition) is 2. The van der Waals surface area contributed by atoms with Gasteiger partial charge in [-0.2, -0.15) is 0 Å². The summed E-state index contributed by atoms with van der Waals surface area (Å²) in [4.78, 5) is 7.88. The van der Waals surface area contributed by atoms with E-state index in [4.69, 9.17) is 11.5 Å². The molecule has 0 amide bonds. The third-order valence-corrected chi connectivity index (χ3v) is 1.17. The Balaban J connectivity index is 0. The molecule has 4 N–H and O–H groups in total. The van der Waals surface area contributed by atoms with Gasteiger partial charge in [-0.15, -0.1) is 0 Å². The van der Waals surface area contributed by atoms with Gasteiger partial charge in [0.15, 0.2) is 0 Å². The summed E-state index contributed by atoms with van der Waals surface area (Å²) in [7, 11) is 0. The highest BCUT2D eigenvalue weighted by Gasteiger charge is 1.74. The summed E-state index contributed by atoms with van der Waals surface area (Å²) >= 11 is 0. The molecule has 0 rings (SSSR count). The zero-order valence-electron chi connectivity index (χ0n) is 9.88. The Labute approximate surface area is 87.5 Å². The summed E-state index contributed by atoms with van der Waals surface area (Å²) in [5, 5.41) is 0. The Morgan fingerprint density at radius 2 is 1.14 bits per heavy atom.